The second kappa shape index (κ2) is 8.37. The van der Waals surface area contributed by atoms with E-state index in [1.54, 1.807) is 24.3 Å². The van der Waals surface area contributed by atoms with Crippen molar-refractivity contribution in [2.24, 2.45) is 11.8 Å². The Bertz CT molecular complexity index is 734. The average molecular weight is 412 g/mol. The lowest BCUT2D eigenvalue weighted by atomic mass is 9.75. The summed E-state index contributed by atoms with van der Waals surface area (Å²) in [5, 5.41) is 0.546. The molecule has 0 spiro atoms. The summed E-state index contributed by atoms with van der Waals surface area (Å²) < 4.78 is 27.9. The van der Waals surface area contributed by atoms with Gasteiger partial charge in [0.05, 0.1) is 4.90 Å². The van der Waals surface area contributed by atoms with Gasteiger partial charge in [0.1, 0.15) is 0 Å². The molecule has 0 aromatic heterocycles. The average Bonchev–Trinajstić information content (AvgIpc) is 2.68. The van der Waals surface area contributed by atoms with E-state index in [1.807, 2.05) is 0 Å². The first-order chi connectivity index (χ1) is 13.0. The van der Waals surface area contributed by atoms with Crippen molar-refractivity contribution in [1.82, 2.24) is 14.5 Å². The highest BCUT2D eigenvalue weighted by atomic mass is 35.5. The van der Waals surface area contributed by atoms with Crippen molar-refractivity contribution >= 4 is 21.6 Å². The number of benzene rings is 1. The molecule has 150 valence electrons. The van der Waals surface area contributed by atoms with Crippen LogP contribution in [0.5, 0.6) is 0 Å². The Balaban J connectivity index is 1.32. The quantitative estimate of drug-likeness (QED) is 0.782. The number of sulfonamides is 1. The molecule has 0 amide bonds. The Morgan fingerprint density at radius 2 is 1.81 bits per heavy atom. The molecule has 5 rings (SSSR count). The van der Waals surface area contributed by atoms with Crippen molar-refractivity contribution in [2.45, 2.75) is 43.0 Å². The highest BCUT2D eigenvalue weighted by Gasteiger charge is 2.40. The van der Waals surface area contributed by atoms with Crippen LogP contribution in [-0.2, 0) is 10.0 Å². The van der Waals surface area contributed by atoms with Gasteiger partial charge in [0.2, 0.25) is 10.0 Å². The van der Waals surface area contributed by atoms with Gasteiger partial charge in [-0.1, -0.05) is 18.0 Å². The smallest absolute Gasteiger partial charge is 0.240 e. The molecule has 5 nitrogen and oxygen atoms in total. The minimum Gasteiger partial charge on any atom is -0.303 e. The number of fused-ring (bicyclic) bond motifs is 3. The second-order valence-electron chi connectivity index (χ2n) is 8.36. The topological polar surface area (TPSA) is 52.7 Å². The van der Waals surface area contributed by atoms with Crippen LogP contribution in [0.4, 0.5) is 0 Å². The van der Waals surface area contributed by atoms with E-state index in [-0.39, 0.29) is 4.90 Å². The number of hydrogen-bond donors (Lipinski definition) is 1. The van der Waals surface area contributed by atoms with E-state index in [9.17, 15) is 8.42 Å². The zero-order valence-electron chi connectivity index (χ0n) is 15.8. The SMILES string of the molecule is O=S(=O)(NC[C@H]1C[C@@H]2CCN1C[C@@H]2CN1CCCCC1)c1ccc(Cl)cc1. The highest BCUT2D eigenvalue weighted by molar-refractivity contribution is 7.89. The van der Waals surface area contributed by atoms with Gasteiger partial charge in [0, 0.05) is 30.7 Å². The van der Waals surface area contributed by atoms with E-state index in [0.717, 1.165) is 31.3 Å². The lowest BCUT2D eigenvalue weighted by Crippen LogP contribution is -2.58. The summed E-state index contributed by atoms with van der Waals surface area (Å²) in [5.41, 5.74) is 0. The Morgan fingerprint density at radius 1 is 1.07 bits per heavy atom. The summed E-state index contributed by atoms with van der Waals surface area (Å²) in [6.07, 6.45) is 6.44. The molecule has 4 heterocycles. The summed E-state index contributed by atoms with van der Waals surface area (Å²) in [6, 6.07) is 6.68. The molecule has 2 bridgehead atoms. The minimum absolute atomic E-state index is 0.283. The monoisotopic (exact) mass is 411 g/mol. The molecule has 4 aliphatic heterocycles. The maximum absolute atomic E-state index is 12.5. The van der Waals surface area contributed by atoms with E-state index in [0.29, 0.717) is 17.6 Å². The molecule has 4 fully saturated rings. The van der Waals surface area contributed by atoms with Crippen LogP contribution in [0.15, 0.2) is 29.2 Å². The Labute approximate surface area is 168 Å². The first kappa shape index (κ1) is 19.6. The van der Waals surface area contributed by atoms with Crippen LogP contribution in [0, 0.1) is 11.8 Å². The molecule has 0 radical (unpaired) electrons. The van der Waals surface area contributed by atoms with Crippen LogP contribution in [0.3, 0.4) is 0 Å². The van der Waals surface area contributed by atoms with Crippen molar-refractivity contribution in [3.8, 4) is 0 Å². The number of piperidine rings is 4. The van der Waals surface area contributed by atoms with Gasteiger partial charge in [-0.25, -0.2) is 13.1 Å². The maximum Gasteiger partial charge on any atom is 0.240 e. The fourth-order valence-electron chi connectivity index (χ4n) is 5.05. The van der Waals surface area contributed by atoms with Gasteiger partial charge in [-0.15, -0.1) is 0 Å². The van der Waals surface area contributed by atoms with Crippen LogP contribution in [-0.4, -0.2) is 63.5 Å². The molecular formula is C20H30ClN3O2S. The summed E-state index contributed by atoms with van der Waals surface area (Å²) in [4.78, 5) is 5.44. The van der Waals surface area contributed by atoms with Crippen LogP contribution in [0.25, 0.3) is 0 Å². The Kier molecular flexibility index (Phi) is 6.09. The normalized spacial score (nSPS) is 31.9. The van der Waals surface area contributed by atoms with Crippen molar-refractivity contribution in [2.75, 3.05) is 39.3 Å². The molecule has 4 atom stereocenters. The van der Waals surface area contributed by atoms with E-state index in [1.165, 1.54) is 45.3 Å². The Morgan fingerprint density at radius 3 is 2.48 bits per heavy atom. The number of nitrogens with zero attached hydrogens (tertiary/aromatic N) is 2. The lowest BCUT2D eigenvalue weighted by molar-refractivity contribution is -0.0122. The van der Waals surface area contributed by atoms with Gasteiger partial charge in [0.15, 0.2) is 0 Å². The van der Waals surface area contributed by atoms with E-state index in [4.69, 9.17) is 11.6 Å². The molecule has 1 aromatic carbocycles. The van der Waals surface area contributed by atoms with Gasteiger partial charge in [-0.2, -0.15) is 0 Å². The number of likely N-dealkylation sites (tertiary alicyclic amines) is 1. The summed E-state index contributed by atoms with van der Waals surface area (Å²) in [6.45, 7) is 6.46. The second-order valence-corrected chi connectivity index (χ2v) is 10.6. The number of halogens is 1. The summed E-state index contributed by atoms with van der Waals surface area (Å²) in [7, 11) is -3.47. The maximum atomic E-state index is 12.5. The zero-order valence-corrected chi connectivity index (χ0v) is 17.4. The molecule has 1 N–H and O–H groups in total. The molecule has 1 aromatic rings. The van der Waals surface area contributed by atoms with Gasteiger partial charge in [0.25, 0.3) is 0 Å². The molecule has 0 aliphatic carbocycles. The fourth-order valence-corrected chi connectivity index (χ4v) is 6.24. The van der Waals surface area contributed by atoms with Crippen LogP contribution >= 0.6 is 11.6 Å². The van der Waals surface area contributed by atoms with Crippen molar-refractivity contribution in [3.63, 3.8) is 0 Å². The fraction of sp³-hybridized carbons (Fsp3) is 0.700. The molecule has 0 saturated carbocycles. The largest absolute Gasteiger partial charge is 0.303 e. The van der Waals surface area contributed by atoms with Gasteiger partial charge < -0.3 is 4.90 Å². The number of hydrogen-bond acceptors (Lipinski definition) is 4. The standard InChI is InChI=1S/C20H30ClN3O2S/c21-18-4-6-20(7-5-18)27(25,26)22-13-19-12-16-8-11-24(19)15-17(16)14-23-9-2-1-3-10-23/h4-7,16-17,19,22H,1-3,8-15H2/t16-,17-,19+/m0/s1. The van der Waals surface area contributed by atoms with Crippen molar-refractivity contribution in [1.29, 1.82) is 0 Å². The Hall–Kier alpha value is -0.660. The van der Waals surface area contributed by atoms with Crippen LogP contribution < -0.4 is 4.72 Å². The molecule has 4 aliphatic rings. The molecule has 4 saturated heterocycles. The van der Waals surface area contributed by atoms with E-state index in [2.05, 4.69) is 14.5 Å². The summed E-state index contributed by atoms with van der Waals surface area (Å²) >= 11 is 5.86. The first-order valence-corrected chi connectivity index (χ1v) is 12.1. The third-order valence-corrected chi connectivity index (χ3v) is 8.28. The zero-order chi connectivity index (χ0) is 18.9. The number of rotatable bonds is 6. The van der Waals surface area contributed by atoms with Crippen molar-refractivity contribution < 1.29 is 8.42 Å². The number of nitrogens with one attached hydrogen (secondary N) is 1. The third-order valence-electron chi connectivity index (χ3n) is 6.59. The highest BCUT2D eigenvalue weighted by Crippen LogP contribution is 2.37. The third kappa shape index (κ3) is 4.67. The minimum atomic E-state index is -3.47. The summed E-state index contributed by atoms with van der Waals surface area (Å²) in [5.74, 6) is 1.49. The molecule has 7 heteroatoms. The van der Waals surface area contributed by atoms with E-state index >= 15 is 0 Å². The van der Waals surface area contributed by atoms with Gasteiger partial charge >= 0.3 is 0 Å². The predicted octanol–water partition coefficient (Wildman–Crippen LogP) is 2.81. The first-order valence-electron chi connectivity index (χ1n) is 10.2. The van der Waals surface area contributed by atoms with Gasteiger partial charge in [-0.05, 0) is 81.4 Å². The predicted molar refractivity (Wildman–Crippen MR) is 109 cm³/mol. The lowest BCUT2D eigenvalue weighted by Gasteiger charge is -2.51. The molecule has 27 heavy (non-hydrogen) atoms. The van der Waals surface area contributed by atoms with Crippen LogP contribution in [0.1, 0.15) is 32.1 Å². The molecule has 1 unspecified atom stereocenters. The van der Waals surface area contributed by atoms with E-state index < -0.39 is 10.0 Å². The van der Waals surface area contributed by atoms with Crippen LogP contribution in [0.2, 0.25) is 5.02 Å². The van der Waals surface area contributed by atoms with Gasteiger partial charge in [-0.3, -0.25) is 4.90 Å². The molecular weight excluding hydrogens is 382 g/mol. The van der Waals surface area contributed by atoms with Crippen molar-refractivity contribution in [3.05, 3.63) is 29.3 Å².